The van der Waals surface area contributed by atoms with Gasteiger partial charge in [0.25, 0.3) is 0 Å². The lowest BCUT2D eigenvalue weighted by Gasteiger charge is -2.38. The maximum Gasteiger partial charge on any atom is 0.0193 e. The Morgan fingerprint density at radius 1 is 1.50 bits per heavy atom. The zero-order chi connectivity index (χ0) is 11.4. The first-order chi connectivity index (χ1) is 7.79. The second kappa shape index (κ2) is 5.83. The van der Waals surface area contributed by atoms with Crippen LogP contribution >= 0.6 is 0 Å². The molecule has 0 aromatic rings. The summed E-state index contributed by atoms with van der Waals surface area (Å²) < 4.78 is 0. The highest BCUT2D eigenvalue weighted by Crippen LogP contribution is 2.21. The number of nitrogens with one attached hydrogen (secondary N) is 1. The summed E-state index contributed by atoms with van der Waals surface area (Å²) >= 11 is 0. The van der Waals surface area contributed by atoms with Gasteiger partial charge in [-0.1, -0.05) is 18.6 Å². The van der Waals surface area contributed by atoms with Crippen molar-refractivity contribution in [2.75, 3.05) is 19.6 Å². The first-order valence-electron chi connectivity index (χ1n) is 6.95. The minimum absolute atomic E-state index is 0.713. The third kappa shape index (κ3) is 3.08. The zero-order valence-corrected chi connectivity index (χ0v) is 10.8. The summed E-state index contributed by atoms with van der Waals surface area (Å²) in [4.78, 5) is 2.67. The molecule has 1 N–H and O–H groups in total. The summed E-state index contributed by atoms with van der Waals surface area (Å²) in [5.74, 6) is 0. The van der Waals surface area contributed by atoms with Crippen molar-refractivity contribution in [1.82, 2.24) is 10.2 Å². The number of hydrogen-bond acceptors (Lipinski definition) is 2. The van der Waals surface area contributed by atoms with Crippen LogP contribution in [0.5, 0.6) is 0 Å². The fourth-order valence-corrected chi connectivity index (χ4v) is 2.83. The molecule has 2 aliphatic rings. The molecule has 2 rings (SSSR count). The molecule has 0 saturated carbocycles. The van der Waals surface area contributed by atoms with Gasteiger partial charge in [0.05, 0.1) is 0 Å². The molecule has 1 aliphatic heterocycles. The normalized spacial score (nSPS) is 31.8. The van der Waals surface area contributed by atoms with Gasteiger partial charge in [0, 0.05) is 31.7 Å². The summed E-state index contributed by atoms with van der Waals surface area (Å²) in [6, 6.07) is 1.43. The van der Waals surface area contributed by atoms with Gasteiger partial charge < -0.3 is 5.32 Å². The van der Waals surface area contributed by atoms with Crippen LogP contribution in [0, 0.1) is 0 Å². The van der Waals surface area contributed by atoms with Crippen LogP contribution in [0.2, 0.25) is 0 Å². The van der Waals surface area contributed by atoms with Gasteiger partial charge in [-0.25, -0.2) is 0 Å². The van der Waals surface area contributed by atoms with Crippen molar-refractivity contribution < 1.29 is 0 Å². The molecule has 1 fully saturated rings. The Morgan fingerprint density at radius 3 is 3.06 bits per heavy atom. The number of piperazine rings is 1. The van der Waals surface area contributed by atoms with Crippen LogP contribution in [0.4, 0.5) is 0 Å². The smallest absolute Gasteiger partial charge is 0.0193 e. The summed E-state index contributed by atoms with van der Waals surface area (Å²) in [6.07, 6.45) is 9.10. The van der Waals surface area contributed by atoms with E-state index in [1.54, 1.807) is 5.57 Å². The molecular weight excluding hydrogens is 196 g/mol. The van der Waals surface area contributed by atoms with E-state index >= 15 is 0 Å². The lowest BCUT2D eigenvalue weighted by Crippen LogP contribution is -2.55. The van der Waals surface area contributed by atoms with Crippen molar-refractivity contribution in [3.05, 3.63) is 11.6 Å². The number of allylic oxidation sites excluding steroid dienone is 1. The minimum Gasteiger partial charge on any atom is -0.311 e. The van der Waals surface area contributed by atoms with Crippen LogP contribution in [-0.4, -0.2) is 36.6 Å². The van der Waals surface area contributed by atoms with Gasteiger partial charge >= 0.3 is 0 Å². The summed E-state index contributed by atoms with van der Waals surface area (Å²) in [7, 11) is 0. The monoisotopic (exact) mass is 222 g/mol. The van der Waals surface area contributed by atoms with Crippen LogP contribution in [0.3, 0.4) is 0 Å². The van der Waals surface area contributed by atoms with E-state index in [4.69, 9.17) is 0 Å². The lowest BCUT2D eigenvalue weighted by atomic mass is 10.1. The number of hydrogen-bond donors (Lipinski definition) is 1. The topological polar surface area (TPSA) is 15.3 Å². The van der Waals surface area contributed by atoms with Crippen molar-refractivity contribution in [1.29, 1.82) is 0 Å². The molecule has 2 heteroatoms. The molecule has 2 atom stereocenters. The van der Waals surface area contributed by atoms with Crippen LogP contribution in [0.25, 0.3) is 0 Å². The van der Waals surface area contributed by atoms with E-state index in [9.17, 15) is 0 Å². The predicted octanol–water partition coefficient (Wildman–Crippen LogP) is 2.56. The Hall–Kier alpha value is -0.340. The van der Waals surface area contributed by atoms with Gasteiger partial charge in [-0.05, 0) is 39.0 Å². The maximum absolute atomic E-state index is 3.62. The van der Waals surface area contributed by atoms with Gasteiger partial charge in [-0.3, -0.25) is 4.90 Å². The Morgan fingerprint density at radius 2 is 2.38 bits per heavy atom. The van der Waals surface area contributed by atoms with Gasteiger partial charge in [0.1, 0.15) is 0 Å². The third-order valence-electron chi connectivity index (χ3n) is 4.13. The maximum atomic E-state index is 3.62. The lowest BCUT2D eigenvalue weighted by molar-refractivity contribution is 0.140. The van der Waals surface area contributed by atoms with E-state index in [1.165, 1.54) is 45.2 Å². The van der Waals surface area contributed by atoms with Crippen molar-refractivity contribution in [3.63, 3.8) is 0 Å². The summed E-state index contributed by atoms with van der Waals surface area (Å²) in [5.41, 5.74) is 1.71. The van der Waals surface area contributed by atoms with Crippen molar-refractivity contribution in [2.45, 2.75) is 58.0 Å². The Balaban J connectivity index is 1.77. The highest BCUT2D eigenvalue weighted by molar-refractivity contribution is 5.07. The summed E-state index contributed by atoms with van der Waals surface area (Å²) in [5, 5.41) is 3.62. The largest absolute Gasteiger partial charge is 0.311 e. The first kappa shape index (κ1) is 12.1. The fraction of sp³-hybridized carbons (Fsp3) is 0.857. The quantitative estimate of drug-likeness (QED) is 0.735. The van der Waals surface area contributed by atoms with Crippen LogP contribution in [0.1, 0.15) is 46.0 Å². The fourth-order valence-electron chi connectivity index (χ4n) is 2.83. The van der Waals surface area contributed by atoms with E-state index in [2.05, 4.69) is 30.1 Å². The average Bonchev–Trinajstić information content (AvgIpc) is 2.81. The molecule has 16 heavy (non-hydrogen) atoms. The molecule has 1 heterocycles. The minimum atomic E-state index is 0.713. The van der Waals surface area contributed by atoms with Crippen molar-refractivity contribution in [2.24, 2.45) is 0 Å². The molecule has 1 aliphatic carbocycles. The molecule has 0 radical (unpaired) electrons. The highest BCUT2D eigenvalue weighted by atomic mass is 15.2. The van der Waals surface area contributed by atoms with Crippen molar-refractivity contribution in [3.8, 4) is 0 Å². The van der Waals surface area contributed by atoms with E-state index in [0.717, 1.165) is 6.54 Å². The molecule has 0 amide bonds. The Kier molecular flexibility index (Phi) is 4.42. The van der Waals surface area contributed by atoms with E-state index in [-0.39, 0.29) is 0 Å². The molecule has 92 valence electrons. The van der Waals surface area contributed by atoms with Gasteiger partial charge in [-0.15, -0.1) is 0 Å². The second-order valence-electron chi connectivity index (χ2n) is 5.36. The third-order valence-corrected chi connectivity index (χ3v) is 4.13. The molecule has 0 aromatic carbocycles. The molecule has 2 nitrogen and oxygen atoms in total. The average molecular weight is 222 g/mol. The van der Waals surface area contributed by atoms with Crippen molar-refractivity contribution >= 4 is 0 Å². The molecule has 0 aromatic heterocycles. The van der Waals surface area contributed by atoms with E-state index < -0.39 is 0 Å². The predicted molar refractivity (Wildman–Crippen MR) is 69.7 cm³/mol. The zero-order valence-electron chi connectivity index (χ0n) is 10.8. The molecule has 0 bridgehead atoms. The summed E-state index contributed by atoms with van der Waals surface area (Å²) in [6.45, 7) is 8.31. The molecule has 0 spiro atoms. The van der Waals surface area contributed by atoms with Gasteiger partial charge in [0.15, 0.2) is 0 Å². The van der Waals surface area contributed by atoms with Gasteiger partial charge in [0.2, 0.25) is 0 Å². The van der Waals surface area contributed by atoms with E-state index in [0.29, 0.717) is 12.1 Å². The molecular formula is C14H26N2. The standard InChI is InChI=1S/C14H26N2/c1-3-14-11-16(12(2)10-15-14)9-8-13-6-4-5-7-13/h6,12,14-15H,3-5,7-11H2,1-2H3. The number of rotatable bonds is 4. The molecule has 2 unspecified atom stereocenters. The van der Waals surface area contributed by atoms with Crippen LogP contribution in [0.15, 0.2) is 11.6 Å². The Labute approximate surface area is 100 Å². The van der Waals surface area contributed by atoms with E-state index in [1.807, 2.05) is 0 Å². The SMILES string of the molecule is CCC1CN(CCC2=CCCC2)C(C)CN1. The molecule has 1 saturated heterocycles. The van der Waals surface area contributed by atoms with Gasteiger partial charge in [-0.2, -0.15) is 0 Å². The highest BCUT2D eigenvalue weighted by Gasteiger charge is 2.23. The Bertz CT molecular complexity index is 247. The second-order valence-corrected chi connectivity index (χ2v) is 5.36. The first-order valence-corrected chi connectivity index (χ1v) is 6.95. The van der Waals surface area contributed by atoms with Crippen LogP contribution < -0.4 is 5.32 Å². The number of nitrogens with zero attached hydrogens (tertiary/aromatic N) is 1. The van der Waals surface area contributed by atoms with Crippen LogP contribution in [-0.2, 0) is 0 Å².